The molecule has 1 aromatic heterocycles. The average Bonchev–Trinajstić information content (AvgIpc) is 3.13. The van der Waals surface area contributed by atoms with E-state index in [0.29, 0.717) is 22.9 Å². The summed E-state index contributed by atoms with van der Waals surface area (Å²) in [5, 5.41) is 9.90. The van der Waals surface area contributed by atoms with Gasteiger partial charge < -0.3 is 14.8 Å². The van der Waals surface area contributed by atoms with Gasteiger partial charge in [0.05, 0.1) is 19.9 Å². The summed E-state index contributed by atoms with van der Waals surface area (Å²) in [7, 11) is 3.17. The minimum atomic E-state index is -0.262. The van der Waals surface area contributed by atoms with E-state index in [1.165, 1.54) is 0 Å². The smallest absolute Gasteiger partial charge is 0.273 e. The zero-order valence-corrected chi connectivity index (χ0v) is 16.2. The van der Waals surface area contributed by atoms with Crippen LogP contribution in [0, 0.1) is 6.92 Å². The first-order valence-corrected chi connectivity index (χ1v) is 8.66. The number of H-pyrrole nitrogens is 1. The highest BCUT2D eigenvalue weighted by atomic mass is 79.9. The first-order chi connectivity index (χ1) is 12.5. The van der Waals surface area contributed by atoms with E-state index >= 15 is 0 Å². The molecule has 0 aliphatic carbocycles. The van der Waals surface area contributed by atoms with E-state index in [1.54, 1.807) is 26.4 Å². The van der Waals surface area contributed by atoms with Gasteiger partial charge in [0.25, 0.3) is 5.91 Å². The Balaban J connectivity index is 1.84. The number of aromatic nitrogens is 2. The van der Waals surface area contributed by atoms with Gasteiger partial charge in [-0.2, -0.15) is 5.10 Å². The second-order valence-corrected chi connectivity index (χ2v) is 6.56. The monoisotopic (exact) mass is 415 g/mol. The first kappa shape index (κ1) is 18.0. The number of nitrogens with zero attached hydrogens (tertiary/aromatic N) is 1. The number of methoxy groups -OCH3 is 2. The lowest BCUT2D eigenvalue weighted by molar-refractivity contribution is 0.102. The minimum absolute atomic E-state index is 0.262. The molecule has 0 bridgehead atoms. The molecule has 1 heterocycles. The number of carbonyl (C=O) groups is 1. The number of hydrogen-bond donors (Lipinski definition) is 2. The van der Waals surface area contributed by atoms with Crippen LogP contribution in [-0.4, -0.2) is 30.3 Å². The van der Waals surface area contributed by atoms with Crippen molar-refractivity contribution < 1.29 is 14.3 Å². The lowest BCUT2D eigenvalue weighted by Crippen LogP contribution is -2.13. The molecule has 0 saturated heterocycles. The van der Waals surface area contributed by atoms with E-state index in [-0.39, 0.29) is 5.91 Å². The molecular weight excluding hydrogens is 398 g/mol. The number of ether oxygens (including phenoxy) is 2. The number of aromatic amines is 1. The third kappa shape index (κ3) is 3.72. The van der Waals surface area contributed by atoms with Crippen LogP contribution in [0.4, 0.5) is 5.69 Å². The summed E-state index contributed by atoms with van der Waals surface area (Å²) >= 11 is 3.41. The molecule has 1 amide bonds. The summed E-state index contributed by atoms with van der Waals surface area (Å²) < 4.78 is 11.6. The number of carbonyl (C=O) groups excluding carboxylic acids is 1. The molecule has 0 atom stereocenters. The fourth-order valence-corrected chi connectivity index (χ4v) is 3.02. The maximum atomic E-state index is 12.5. The van der Waals surface area contributed by atoms with Crippen molar-refractivity contribution in [3.63, 3.8) is 0 Å². The van der Waals surface area contributed by atoms with Crippen molar-refractivity contribution in [1.82, 2.24) is 10.2 Å². The summed E-state index contributed by atoms with van der Waals surface area (Å²) in [4.78, 5) is 12.5. The SMILES string of the molecule is COc1ccc(-c2cc(C(=O)Nc3ccc(Br)cc3C)[nH]n2)c(OC)c1. The van der Waals surface area contributed by atoms with Crippen LogP contribution >= 0.6 is 15.9 Å². The number of anilines is 1. The molecule has 0 unspecified atom stereocenters. The maximum absolute atomic E-state index is 12.5. The number of aryl methyl sites for hydroxylation is 1. The number of amides is 1. The van der Waals surface area contributed by atoms with Crippen molar-refractivity contribution in [1.29, 1.82) is 0 Å². The van der Waals surface area contributed by atoms with E-state index in [0.717, 1.165) is 21.3 Å². The molecular formula is C19H18BrN3O3. The van der Waals surface area contributed by atoms with Crippen LogP contribution in [0.15, 0.2) is 46.9 Å². The highest BCUT2D eigenvalue weighted by Crippen LogP contribution is 2.32. The molecule has 0 spiro atoms. The van der Waals surface area contributed by atoms with Gasteiger partial charge in [-0.25, -0.2) is 0 Å². The van der Waals surface area contributed by atoms with Gasteiger partial charge in [0.15, 0.2) is 0 Å². The van der Waals surface area contributed by atoms with Gasteiger partial charge in [-0.05, 0) is 48.9 Å². The number of halogens is 1. The van der Waals surface area contributed by atoms with Gasteiger partial charge in [-0.1, -0.05) is 15.9 Å². The van der Waals surface area contributed by atoms with Gasteiger partial charge in [0.1, 0.15) is 17.2 Å². The van der Waals surface area contributed by atoms with Crippen LogP contribution in [0.25, 0.3) is 11.3 Å². The Morgan fingerprint density at radius 3 is 2.62 bits per heavy atom. The van der Waals surface area contributed by atoms with Crippen molar-refractivity contribution in [2.45, 2.75) is 6.92 Å². The largest absolute Gasteiger partial charge is 0.497 e. The number of hydrogen-bond acceptors (Lipinski definition) is 4. The third-order valence-corrected chi connectivity index (χ3v) is 4.44. The van der Waals surface area contributed by atoms with Gasteiger partial charge in [0.2, 0.25) is 0 Å². The Bertz CT molecular complexity index is 953. The van der Waals surface area contributed by atoms with E-state index in [4.69, 9.17) is 9.47 Å². The van der Waals surface area contributed by atoms with Crippen molar-refractivity contribution in [3.05, 3.63) is 58.2 Å². The van der Waals surface area contributed by atoms with Gasteiger partial charge >= 0.3 is 0 Å². The molecule has 2 aromatic carbocycles. The zero-order valence-electron chi connectivity index (χ0n) is 14.6. The predicted octanol–water partition coefficient (Wildman–Crippen LogP) is 4.42. The third-order valence-electron chi connectivity index (χ3n) is 3.94. The molecule has 0 fully saturated rings. The lowest BCUT2D eigenvalue weighted by atomic mass is 10.1. The normalized spacial score (nSPS) is 10.5. The standard InChI is InChI=1S/C19H18BrN3O3/c1-11-8-12(20)4-7-15(11)21-19(24)17-10-16(22-23-17)14-6-5-13(25-2)9-18(14)26-3/h4-10H,1-3H3,(H,21,24)(H,22,23). The van der Waals surface area contributed by atoms with E-state index < -0.39 is 0 Å². The second-order valence-electron chi connectivity index (χ2n) is 5.65. The number of nitrogens with one attached hydrogen (secondary N) is 2. The van der Waals surface area contributed by atoms with Crippen LogP contribution in [-0.2, 0) is 0 Å². The Kier molecular flexibility index (Phi) is 5.27. The molecule has 0 aliphatic rings. The Morgan fingerprint density at radius 2 is 1.92 bits per heavy atom. The summed E-state index contributed by atoms with van der Waals surface area (Å²) in [5.41, 5.74) is 3.45. The van der Waals surface area contributed by atoms with Crippen LogP contribution in [0.3, 0.4) is 0 Å². The molecule has 0 radical (unpaired) electrons. The molecule has 26 heavy (non-hydrogen) atoms. The fraction of sp³-hybridized carbons (Fsp3) is 0.158. The van der Waals surface area contributed by atoms with Crippen molar-refractivity contribution >= 4 is 27.5 Å². The van der Waals surface area contributed by atoms with Crippen LogP contribution < -0.4 is 14.8 Å². The second kappa shape index (κ2) is 7.61. The molecule has 134 valence electrons. The number of benzene rings is 2. The fourth-order valence-electron chi connectivity index (χ4n) is 2.54. The van der Waals surface area contributed by atoms with Crippen molar-refractivity contribution in [2.75, 3.05) is 19.5 Å². The quantitative estimate of drug-likeness (QED) is 0.646. The topological polar surface area (TPSA) is 76.2 Å². The molecule has 3 aromatic rings. The highest BCUT2D eigenvalue weighted by molar-refractivity contribution is 9.10. The molecule has 7 heteroatoms. The first-order valence-electron chi connectivity index (χ1n) is 7.87. The van der Waals surface area contributed by atoms with E-state index in [9.17, 15) is 4.79 Å². The summed E-state index contributed by atoms with van der Waals surface area (Å²) in [6.07, 6.45) is 0. The highest BCUT2D eigenvalue weighted by Gasteiger charge is 2.15. The molecule has 2 N–H and O–H groups in total. The van der Waals surface area contributed by atoms with E-state index in [2.05, 4.69) is 31.4 Å². The molecule has 0 saturated carbocycles. The van der Waals surface area contributed by atoms with Crippen LogP contribution in [0.2, 0.25) is 0 Å². The summed E-state index contributed by atoms with van der Waals surface area (Å²) in [6.45, 7) is 1.93. The van der Waals surface area contributed by atoms with Gasteiger partial charge in [-0.3, -0.25) is 9.89 Å². The lowest BCUT2D eigenvalue weighted by Gasteiger charge is -2.08. The van der Waals surface area contributed by atoms with Gasteiger partial charge in [0, 0.05) is 21.8 Å². The van der Waals surface area contributed by atoms with Crippen LogP contribution in [0.5, 0.6) is 11.5 Å². The Labute approximate surface area is 159 Å². The minimum Gasteiger partial charge on any atom is -0.497 e. The number of rotatable bonds is 5. The van der Waals surface area contributed by atoms with Crippen molar-refractivity contribution in [2.24, 2.45) is 0 Å². The average molecular weight is 416 g/mol. The van der Waals surface area contributed by atoms with Crippen LogP contribution in [0.1, 0.15) is 16.1 Å². The predicted molar refractivity (Wildman–Crippen MR) is 104 cm³/mol. The Morgan fingerprint density at radius 1 is 1.12 bits per heavy atom. The molecule has 6 nitrogen and oxygen atoms in total. The maximum Gasteiger partial charge on any atom is 0.273 e. The summed E-state index contributed by atoms with van der Waals surface area (Å²) in [6, 6.07) is 12.8. The Hall–Kier alpha value is -2.80. The van der Waals surface area contributed by atoms with E-state index in [1.807, 2.05) is 37.3 Å². The zero-order chi connectivity index (χ0) is 18.7. The van der Waals surface area contributed by atoms with Crippen molar-refractivity contribution in [3.8, 4) is 22.8 Å². The van der Waals surface area contributed by atoms with Gasteiger partial charge in [-0.15, -0.1) is 0 Å². The molecule has 0 aliphatic heterocycles. The molecule has 3 rings (SSSR count). The summed E-state index contributed by atoms with van der Waals surface area (Å²) in [5.74, 6) is 1.04.